The van der Waals surface area contributed by atoms with Crippen molar-refractivity contribution in [2.75, 3.05) is 38.0 Å². The molecular formula is C17H20BrN5O. The first-order valence-corrected chi connectivity index (χ1v) is 8.81. The molecule has 0 saturated carbocycles. The van der Waals surface area contributed by atoms with Gasteiger partial charge in [0.25, 0.3) is 5.91 Å². The molecule has 1 aliphatic heterocycles. The van der Waals surface area contributed by atoms with E-state index in [1.807, 2.05) is 29.2 Å². The van der Waals surface area contributed by atoms with Crippen molar-refractivity contribution in [3.63, 3.8) is 0 Å². The molecule has 0 aliphatic carbocycles. The quantitative estimate of drug-likeness (QED) is 0.870. The van der Waals surface area contributed by atoms with Gasteiger partial charge < -0.3 is 15.1 Å². The summed E-state index contributed by atoms with van der Waals surface area (Å²) in [6.45, 7) is 6.52. The predicted octanol–water partition coefficient (Wildman–Crippen LogP) is 2.76. The number of aromatic nitrogens is 2. The van der Waals surface area contributed by atoms with Crippen LogP contribution in [0.2, 0.25) is 0 Å². The second-order valence-corrected chi connectivity index (χ2v) is 6.57. The lowest BCUT2D eigenvalue weighted by Crippen LogP contribution is -2.48. The standard InChI is InChI=1S/C17H20BrN5O/c1-2-22-6-8-23(9-7-22)16(24)13-11-19-17(20-12-13)21-15-5-3-4-14(18)10-15/h3-5,10-12H,2,6-9H2,1H3,(H,19,20,21). The fraction of sp³-hybridized carbons (Fsp3) is 0.353. The maximum Gasteiger partial charge on any atom is 0.257 e. The molecule has 2 aromatic rings. The molecular weight excluding hydrogens is 370 g/mol. The van der Waals surface area contributed by atoms with Crippen LogP contribution in [-0.2, 0) is 0 Å². The Bertz CT molecular complexity index is 698. The number of benzene rings is 1. The zero-order valence-electron chi connectivity index (χ0n) is 13.6. The van der Waals surface area contributed by atoms with Crippen LogP contribution in [0.25, 0.3) is 0 Å². The van der Waals surface area contributed by atoms with Gasteiger partial charge in [-0.2, -0.15) is 0 Å². The molecule has 0 bridgehead atoms. The monoisotopic (exact) mass is 389 g/mol. The highest BCUT2D eigenvalue weighted by Crippen LogP contribution is 2.18. The van der Waals surface area contributed by atoms with E-state index in [9.17, 15) is 4.79 Å². The van der Waals surface area contributed by atoms with Crippen LogP contribution in [0.4, 0.5) is 11.6 Å². The highest BCUT2D eigenvalue weighted by Gasteiger charge is 2.21. The van der Waals surface area contributed by atoms with E-state index in [0.29, 0.717) is 11.5 Å². The first kappa shape index (κ1) is 16.9. The number of nitrogens with one attached hydrogen (secondary N) is 1. The van der Waals surface area contributed by atoms with Gasteiger partial charge in [-0.1, -0.05) is 28.9 Å². The number of carbonyl (C=O) groups is 1. The van der Waals surface area contributed by atoms with Crippen molar-refractivity contribution in [1.29, 1.82) is 0 Å². The topological polar surface area (TPSA) is 61.4 Å². The van der Waals surface area contributed by atoms with E-state index in [1.165, 1.54) is 0 Å². The minimum absolute atomic E-state index is 0.000224. The largest absolute Gasteiger partial charge is 0.336 e. The third kappa shape index (κ3) is 4.10. The number of piperazine rings is 1. The van der Waals surface area contributed by atoms with Gasteiger partial charge in [-0.25, -0.2) is 9.97 Å². The first-order chi connectivity index (χ1) is 11.7. The number of rotatable bonds is 4. The Morgan fingerprint density at radius 3 is 2.54 bits per heavy atom. The number of anilines is 2. The molecule has 3 rings (SSSR count). The van der Waals surface area contributed by atoms with E-state index in [0.717, 1.165) is 42.9 Å². The molecule has 0 spiro atoms. The van der Waals surface area contributed by atoms with Gasteiger partial charge in [0.15, 0.2) is 0 Å². The van der Waals surface area contributed by atoms with Crippen LogP contribution in [0.3, 0.4) is 0 Å². The van der Waals surface area contributed by atoms with Crippen molar-refractivity contribution in [3.8, 4) is 0 Å². The Hall–Kier alpha value is -1.99. The van der Waals surface area contributed by atoms with Crippen molar-refractivity contribution < 1.29 is 4.79 Å². The van der Waals surface area contributed by atoms with Gasteiger partial charge in [-0.3, -0.25) is 4.79 Å². The lowest BCUT2D eigenvalue weighted by atomic mass is 10.2. The number of carbonyl (C=O) groups excluding carboxylic acids is 1. The van der Waals surface area contributed by atoms with Crippen molar-refractivity contribution in [3.05, 3.63) is 46.7 Å². The van der Waals surface area contributed by atoms with E-state index in [1.54, 1.807) is 12.4 Å². The maximum absolute atomic E-state index is 12.5. The number of hydrogen-bond donors (Lipinski definition) is 1. The fourth-order valence-electron chi connectivity index (χ4n) is 2.65. The molecule has 1 fully saturated rings. The summed E-state index contributed by atoms with van der Waals surface area (Å²) in [5.74, 6) is 0.472. The summed E-state index contributed by atoms with van der Waals surface area (Å²) in [7, 11) is 0. The number of amides is 1. The molecule has 2 heterocycles. The Labute approximate surface area is 150 Å². The second kappa shape index (κ2) is 7.72. The number of nitrogens with zero attached hydrogens (tertiary/aromatic N) is 4. The average molecular weight is 390 g/mol. The second-order valence-electron chi connectivity index (χ2n) is 5.66. The van der Waals surface area contributed by atoms with Crippen LogP contribution in [0.15, 0.2) is 41.1 Å². The van der Waals surface area contributed by atoms with Gasteiger partial charge >= 0.3 is 0 Å². The van der Waals surface area contributed by atoms with Crippen LogP contribution >= 0.6 is 15.9 Å². The first-order valence-electron chi connectivity index (χ1n) is 8.02. The molecule has 1 N–H and O–H groups in total. The smallest absolute Gasteiger partial charge is 0.257 e. The normalized spacial score (nSPS) is 15.3. The Morgan fingerprint density at radius 1 is 1.21 bits per heavy atom. The van der Waals surface area contributed by atoms with Crippen LogP contribution in [-0.4, -0.2) is 58.4 Å². The van der Waals surface area contributed by atoms with Crippen LogP contribution in [0.5, 0.6) is 0 Å². The summed E-state index contributed by atoms with van der Waals surface area (Å²) in [6.07, 6.45) is 3.17. The van der Waals surface area contributed by atoms with Gasteiger partial charge in [0.05, 0.1) is 5.56 Å². The van der Waals surface area contributed by atoms with E-state index in [2.05, 4.69) is 43.0 Å². The Kier molecular flexibility index (Phi) is 5.42. The summed E-state index contributed by atoms with van der Waals surface area (Å²) in [5, 5.41) is 3.12. The third-order valence-electron chi connectivity index (χ3n) is 4.09. The number of likely N-dealkylation sites (N-methyl/N-ethyl adjacent to an activating group) is 1. The zero-order chi connectivity index (χ0) is 16.9. The van der Waals surface area contributed by atoms with E-state index >= 15 is 0 Å². The molecule has 0 atom stereocenters. The van der Waals surface area contributed by atoms with E-state index in [4.69, 9.17) is 0 Å². The minimum Gasteiger partial charge on any atom is -0.336 e. The van der Waals surface area contributed by atoms with Crippen molar-refractivity contribution in [1.82, 2.24) is 19.8 Å². The molecule has 0 unspecified atom stereocenters. The molecule has 7 heteroatoms. The van der Waals surface area contributed by atoms with E-state index in [-0.39, 0.29) is 5.91 Å². The summed E-state index contributed by atoms with van der Waals surface area (Å²) < 4.78 is 0.977. The van der Waals surface area contributed by atoms with Gasteiger partial charge in [0.2, 0.25) is 5.95 Å². The minimum atomic E-state index is -0.000224. The Balaban J connectivity index is 1.63. The molecule has 126 valence electrons. The maximum atomic E-state index is 12.5. The summed E-state index contributed by atoms with van der Waals surface area (Å²) in [5.41, 5.74) is 1.42. The highest BCUT2D eigenvalue weighted by atomic mass is 79.9. The van der Waals surface area contributed by atoms with Crippen LogP contribution in [0.1, 0.15) is 17.3 Å². The average Bonchev–Trinajstić information content (AvgIpc) is 2.62. The number of halogens is 1. The van der Waals surface area contributed by atoms with Crippen molar-refractivity contribution >= 4 is 33.5 Å². The molecule has 0 radical (unpaired) electrons. The van der Waals surface area contributed by atoms with Gasteiger partial charge in [0, 0.05) is 48.7 Å². The van der Waals surface area contributed by atoms with Gasteiger partial charge in [-0.05, 0) is 24.7 Å². The Morgan fingerprint density at radius 2 is 1.92 bits per heavy atom. The van der Waals surface area contributed by atoms with Crippen molar-refractivity contribution in [2.45, 2.75) is 6.92 Å². The van der Waals surface area contributed by atoms with Gasteiger partial charge in [-0.15, -0.1) is 0 Å². The van der Waals surface area contributed by atoms with Gasteiger partial charge in [0.1, 0.15) is 0 Å². The zero-order valence-corrected chi connectivity index (χ0v) is 15.2. The third-order valence-corrected chi connectivity index (χ3v) is 4.58. The molecule has 1 aromatic carbocycles. The SMILES string of the molecule is CCN1CCN(C(=O)c2cnc(Nc3cccc(Br)c3)nc2)CC1. The highest BCUT2D eigenvalue weighted by molar-refractivity contribution is 9.10. The molecule has 1 amide bonds. The molecule has 1 aliphatic rings. The summed E-state index contributed by atoms with van der Waals surface area (Å²) in [4.78, 5) is 25.2. The summed E-state index contributed by atoms with van der Waals surface area (Å²) >= 11 is 3.43. The molecule has 1 aromatic heterocycles. The fourth-order valence-corrected chi connectivity index (χ4v) is 3.05. The van der Waals surface area contributed by atoms with Crippen LogP contribution < -0.4 is 5.32 Å². The molecule has 1 saturated heterocycles. The van der Waals surface area contributed by atoms with Crippen LogP contribution in [0, 0.1) is 0 Å². The van der Waals surface area contributed by atoms with E-state index < -0.39 is 0 Å². The summed E-state index contributed by atoms with van der Waals surface area (Å²) in [6, 6.07) is 7.75. The molecule has 6 nitrogen and oxygen atoms in total. The number of hydrogen-bond acceptors (Lipinski definition) is 5. The molecule has 24 heavy (non-hydrogen) atoms. The lowest BCUT2D eigenvalue weighted by molar-refractivity contribution is 0.0642. The van der Waals surface area contributed by atoms with Crippen molar-refractivity contribution in [2.24, 2.45) is 0 Å². The predicted molar refractivity (Wildman–Crippen MR) is 97.5 cm³/mol. The lowest BCUT2D eigenvalue weighted by Gasteiger charge is -2.33.